The van der Waals surface area contributed by atoms with Crippen molar-refractivity contribution >= 4 is 5.91 Å². The van der Waals surface area contributed by atoms with E-state index in [0.29, 0.717) is 18.0 Å². The third kappa shape index (κ3) is 2.80. The van der Waals surface area contributed by atoms with Gasteiger partial charge >= 0.3 is 0 Å². The molecular formula is C20H23N7O. The molecule has 0 N–H and O–H groups in total. The van der Waals surface area contributed by atoms with Crippen LogP contribution in [-0.2, 0) is 6.54 Å². The quantitative estimate of drug-likeness (QED) is 0.701. The standard InChI is InChI=1S/C20H23N7O/c1-14-18-22-23-19(15-5-2-3-6-15)26(18)12-11-25(14)20(28)16-7-4-8-17(13-16)27-10-9-21-24-27/h4,7-10,13-15H,2-3,5-6,11-12H2,1H3. The van der Waals surface area contributed by atoms with E-state index in [4.69, 9.17) is 0 Å². The van der Waals surface area contributed by atoms with Crippen molar-refractivity contribution < 1.29 is 4.79 Å². The molecule has 3 aromatic rings. The largest absolute Gasteiger partial charge is 0.327 e. The maximum Gasteiger partial charge on any atom is 0.254 e. The van der Waals surface area contributed by atoms with Crippen molar-refractivity contribution in [2.75, 3.05) is 6.54 Å². The summed E-state index contributed by atoms with van der Waals surface area (Å²) in [6, 6.07) is 7.39. The van der Waals surface area contributed by atoms with Gasteiger partial charge in [-0.1, -0.05) is 24.1 Å². The summed E-state index contributed by atoms with van der Waals surface area (Å²) >= 11 is 0. The van der Waals surface area contributed by atoms with Crippen molar-refractivity contribution in [1.82, 2.24) is 34.7 Å². The molecule has 28 heavy (non-hydrogen) atoms. The van der Waals surface area contributed by atoms with Crippen LogP contribution >= 0.6 is 0 Å². The molecule has 1 aliphatic carbocycles. The number of nitrogens with zero attached hydrogens (tertiary/aromatic N) is 7. The van der Waals surface area contributed by atoms with Gasteiger partial charge in [0.05, 0.1) is 24.1 Å². The van der Waals surface area contributed by atoms with E-state index in [1.165, 1.54) is 25.7 Å². The molecule has 0 radical (unpaired) electrons. The Labute approximate surface area is 163 Å². The molecule has 2 aromatic heterocycles. The van der Waals surface area contributed by atoms with Gasteiger partial charge in [-0.25, -0.2) is 4.68 Å². The number of benzene rings is 1. The zero-order valence-corrected chi connectivity index (χ0v) is 15.9. The number of hydrogen-bond donors (Lipinski definition) is 0. The van der Waals surface area contributed by atoms with Gasteiger partial charge in [-0.2, -0.15) is 0 Å². The number of carbonyl (C=O) groups is 1. The predicted molar refractivity (Wildman–Crippen MR) is 102 cm³/mol. The third-order valence-corrected chi connectivity index (χ3v) is 5.98. The lowest BCUT2D eigenvalue weighted by molar-refractivity contribution is 0.0635. The Morgan fingerprint density at radius 3 is 2.71 bits per heavy atom. The molecular weight excluding hydrogens is 354 g/mol. The second kappa shape index (κ2) is 6.85. The van der Waals surface area contributed by atoms with E-state index in [0.717, 1.165) is 23.9 Å². The maximum absolute atomic E-state index is 13.2. The zero-order chi connectivity index (χ0) is 19.1. The highest BCUT2D eigenvalue weighted by molar-refractivity contribution is 5.95. The average Bonchev–Trinajstić information content (AvgIpc) is 3.48. The van der Waals surface area contributed by atoms with E-state index in [2.05, 4.69) is 25.1 Å². The fraction of sp³-hybridized carbons (Fsp3) is 0.450. The molecule has 1 unspecified atom stereocenters. The molecule has 2 aliphatic rings. The maximum atomic E-state index is 13.2. The number of carbonyl (C=O) groups excluding carboxylic acids is 1. The number of fused-ring (bicyclic) bond motifs is 1. The van der Waals surface area contributed by atoms with Gasteiger partial charge in [0.2, 0.25) is 0 Å². The summed E-state index contributed by atoms with van der Waals surface area (Å²) in [5, 5.41) is 16.8. The van der Waals surface area contributed by atoms with E-state index in [1.54, 1.807) is 17.1 Å². The first-order chi connectivity index (χ1) is 13.7. The van der Waals surface area contributed by atoms with Gasteiger partial charge < -0.3 is 9.47 Å². The summed E-state index contributed by atoms with van der Waals surface area (Å²) in [4.78, 5) is 15.1. The van der Waals surface area contributed by atoms with Crippen molar-refractivity contribution in [2.24, 2.45) is 0 Å². The first-order valence-electron chi connectivity index (χ1n) is 9.93. The smallest absolute Gasteiger partial charge is 0.254 e. The molecule has 0 saturated heterocycles. The Bertz CT molecular complexity index is 988. The zero-order valence-electron chi connectivity index (χ0n) is 15.9. The molecule has 144 valence electrons. The first-order valence-corrected chi connectivity index (χ1v) is 9.93. The highest BCUT2D eigenvalue weighted by Gasteiger charge is 2.34. The average molecular weight is 377 g/mol. The minimum absolute atomic E-state index is 0.00568. The van der Waals surface area contributed by atoms with Crippen LogP contribution in [0.5, 0.6) is 0 Å². The SMILES string of the molecule is CC1c2nnc(C3CCCC3)n2CCN1C(=O)c1cccc(-n2ccnn2)c1. The van der Waals surface area contributed by atoms with Crippen LogP contribution in [-0.4, -0.2) is 47.1 Å². The second-order valence-electron chi connectivity index (χ2n) is 7.62. The molecule has 0 spiro atoms. The summed E-state index contributed by atoms with van der Waals surface area (Å²) in [6.07, 6.45) is 8.33. The van der Waals surface area contributed by atoms with E-state index in [9.17, 15) is 4.79 Å². The van der Waals surface area contributed by atoms with Gasteiger partial charge in [-0.3, -0.25) is 4.79 Å². The van der Waals surface area contributed by atoms with Gasteiger partial charge in [-0.05, 0) is 38.0 Å². The Hall–Kier alpha value is -3.03. The Morgan fingerprint density at radius 1 is 1.11 bits per heavy atom. The van der Waals surface area contributed by atoms with Crippen LogP contribution < -0.4 is 0 Å². The highest BCUT2D eigenvalue weighted by atomic mass is 16.2. The Morgan fingerprint density at radius 2 is 1.93 bits per heavy atom. The van der Waals surface area contributed by atoms with Gasteiger partial charge in [-0.15, -0.1) is 15.3 Å². The lowest BCUT2D eigenvalue weighted by Gasteiger charge is -2.34. The van der Waals surface area contributed by atoms with Gasteiger partial charge in [0.1, 0.15) is 5.82 Å². The molecule has 1 atom stereocenters. The van der Waals surface area contributed by atoms with Crippen LogP contribution in [0.15, 0.2) is 36.7 Å². The van der Waals surface area contributed by atoms with Crippen molar-refractivity contribution in [3.8, 4) is 5.69 Å². The van der Waals surface area contributed by atoms with E-state index in [-0.39, 0.29) is 11.9 Å². The Balaban J connectivity index is 1.41. The number of aromatic nitrogens is 6. The molecule has 1 aliphatic heterocycles. The van der Waals surface area contributed by atoms with Gasteiger partial charge in [0, 0.05) is 24.6 Å². The first kappa shape index (κ1) is 17.1. The molecule has 3 heterocycles. The summed E-state index contributed by atoms with van der Waals surface area (Å²) in [6.45, 7) is 3.46. The monoisotopic (exact) mass is 377 g/mol. The molecule has 1 aromatic carbocycles. The van der Waals surface area contributed by atoms with Crippen molar-refractivity contribution in [3.05, 3.63) is 53.9 Å². The number of rotatable bonds is 3. The van der Waals surface area contributed by atoms with E-state index < -0.39 is 0 Å². The van der Waals surface area contributed by atoms with Crippen molar-refractivity contribution in [3.63, 3.8) is 0 Å². The minimum Gasteiger partial charge on any atom is -0.327 e. The lowest BCUT2D eigenvalue weighted by Crippen LogP contribution is -2.41. The van der Waals surface area contributed by atoms with Crippen LogP contribution in [0, 0.1) is 0 Å². The molecule has 8 nitrogen and oxygen atoms in total. The molecule has 1 saturated carbocycles. The minimum atomic E-state index is -0.0982. The summed E-state index contributed by atoms with van der Waals surface area (Å²) in [5.74, 6) is 2.54. The topological polar surface area (TPSA) is 81.7 Å². The van der Waals surface area contributed by atoms with Gasteiger partial charge in [0.25, 0.3) is 5.91 Å². The van der Waals surface area contributed by atoms with Crippen LogP contribution in [0.1, 0.15) is 66.6 Å². The molecule has 8 heteroatoms. The van der Waals surface area contributed by atoms with E-state index >= 15 is 0 Å². The third-order valence-electron chi connectivity index (χ3n) is 5.98. The molecule has 1 amide bonds. The summed E-state index contributed by atoms with van der Waals surface area (Å²) < 4.78 is 3.90. The van der Waals surface area contributed by atoms with Crippen LogP contribution in [0.2, 0.25) is 0 Å². The summed E-state index contributed by atoms with van der Waals surface area (Å²) in [7, 11) is 0. The second-order valence-corrected chi connectivity index (χ2v) is 7.62. The number of hydrogen-bond acceptors (Lipinski definition) is 5. The van der Waals surface area contributed by atoms with Crippen molar-refractivity contribution in [1.29, 1.82) is 0 Å². The predicted octanol–water partition coefficient (Wildman–Crippen LogP) is 2.73. The molecule has 5 rings (SSSR count). The van der Waals surface area contributed by atoms with Crippen molar-refractivity contribution in [2.45, 2.75) is 51.1 Å². The molecule has 1 fully saturated rings. The van der Waals surface area contributed by atoms with Crippen LogP contribution in [0.3, 0.4) is 0 Å². The van der Waals surface area contributed by atoms with Gasteiger partial charge in [0.15, 0.2) is 5.82 Å². The van der Waals surface area contributed by atoms with E-state index in [1.807, 2.05) is 36.1 Å². The Kier molecular flexibility index (Phi) is 4.18. The summed E-state index contributed by atoms with van der Waals surface area (Å²) in [5.41, 5.74) is 1.46. The fourth-order valence-corrected chi connectivity index (χ4v) is 4.46. The van der Waals surface area contributed by atoms with Crippen LogP contribution in [0.25, 0.3) is 5.69 Å². The highest BCUT2D eigenvalue weighted by Crippen LogP contribution is 2.35. The van der Waals surface area contributed by atoms with Crippen LogP contribution in [0.4, 0.5) is 0 Å². The normalized spacial score (nSPS) is 19.8. The lowest BCUT2D eigenvalue weighted by atomic mass is 10.1. The number of amides is 1. The molecule has 0 bridgehead atoms. The fourth-order valence-electron chi connectivity index (χ4n) is 4.46.